The molecular formula is C18H17N3O. The summed E-state index contributed by atoms with van der Waals surface area (Å²) in [6.07, 6.45) is 0.862. The SMILES string of the molecule is COC1Cc2ccccc2-c2c(nnn2C)-c2ccccc21. The topological polar surface area (TPSA) is 39.9 Å². The molecule has 0 fully saturated rings. The molecule has 4 heteroatoms. The summed E-state index contributed by atoms with van der Waals surface area (Å²) in [4.78, 5) is 0. The first-order valence-electron chi connectivity index (χ1n) is 7.39. The van der Waals surface area contributed by atoms with Crippen LogP contribution >= 0.6 is 0 Å². The van der Waals surface area contributed by atoms with Crippen LogP contribution in [0.2, 0.25) is 0 Å². The van der Waals surface area contributed by atoms with Crippen LogP contribution in [-0.2, 0) is 18.2 Å². The summed E-state index contributed by atoms with van der Waals surface area (Å²) in [7, 11) is 3.71. The van der Waals surface area contributed by atoms with E-state index < -0.39 is 0 Å². The maximum atomic E-state index is 5.78. The number of hydrogen-bond donors (Lipinski definition) is 0. The standard InChI is InChI=1S/C18H17N3O/c1-21-18-13-8-4-3-7-12(13)11-16(22-2)14-9-5-6-10-15(14)17(18)19-20-21/h3-10,16H,11H2,1-2H3. The molecule has 4 rings (SSSR count). The third kappa shape index (κ3) is 1.88. The fraction of sp³-hybridized carbons (Fsp3) is 0.222. The average molecular weight is 291 g/mol. The molecular weight excluding hydrogens is 274 g/mol. The molecule has 1 aliphatic carbocycles. The summed E-state index contributed by atoms with van der Waals surface area (Å²) in [5.41, 5.74) is 6.70. The monoisotopic (exact) mass is 291 g/mol. The lowest BCUT2D eigenvalue weighted by Gasteiger charge is -2.23. The first kappa shape index (κ1) is 13.2. The smallest absolute Gasteiger partial charge is 0.121 e. The third-order valence-corrected chi connectivity index (χ3v) is 4.35. The van der Waals surface area contributed by atoms with Crippen LogP contribution in [-0.4, -0.2) is 22.1 Å². The van der Waals surface area contributed by atoms with E-state index in [0.29, 0.717) is 0 Å². The summed E-state index contributed by atoms with van der Waals surface area (Å²) < 4.78 is 7.64. The Hall–Kier alpha value is -2.46. The molecule has 22 heavy (non-hydrogen) atoms. The van der Waals surface area contributed by atoms with E-state index in [4.69, 9.17) is 4.74 Å². The predicted octanol–water partition coefficient (Wildman–Crippen LogP) is 3.39. The molecule has 1 aromatic heterocycles. The summed E-state index contributed by atoms with van der Waals surface area (Å²) >= 11 is 0. The van der Waals surface area contributed by atoms with Crippen LogP contribution in [0.5, 0.6) is 0 Å². The van der Waals surface area contributed by atoms with Crippen molar-refractivity contribution in [3.8, 4) is 22.5 Å². The van der Waals surface area contributed by atoms with Gasteiger partial charge in [0.2, 0.25) is 0 Å². The Morgan fingerprint density at radius 3 is 2.59 bits per heavy atom. The van der Waals surface area contributed by atoms with Gasteiger partial charge in [-0.25, -0.2) is 4.68 Å². The van der Waals surface area contributed by atoms with Crippen molar-refractivity contribution < 1.29 is 4.74 Å². The van der Waals surface area contributed by atoms with Gasteiger partial charge in [0.05, 0.1) is 11.8 Å². The number of rotatable bonds is 1. The van der Waals surface area contributed by atoms with Gasteiger partial charge in [-0.3, -0.25) is 0 Å². The van der Waals surface area contributed by atoms with Crippen molar-refractivity contribution in [3.63, 3.8) is 0 Å². The second kappa shape index (κ2) is 5.07. The highest BCUT2D eigenvalue weighted by Crippen LogP contribution is 2.40. The highest BCUT2D eigenvalue weighted by molar-refractivity contribution is 5.82. The van der Waals surface area contributed by atoms with E-state index in [2.05, 4.69) is 52.8 Å². The van der Waals surface area contributed by atoms with Gasteiger partial charge in [0, 0.05) is 31.7 Å². The zero-order valence-corrected chi connectivity index (χ0v) is 12.7. The molecule has 0 bridgehead atoms. The molecule has 0 amide bonds. The molecule has 1 aliphatic rings. The zero-order chi connectivity index (χ0) is 15.1. The predicted molar refractivity (Wildman–Crippen MR) is 85.3 cm³/mol. The van der Waals surface area contributed by atoms with E-state index >= 15 is 0 Å². The minimum atomic E-state index is 0.0208. The first-order chi connectivity index (χ1) is 10.8. The van der Waals surface area contributed by atoms with Crippen LogP contribution in [0.3, 0.4) is 0 Å². The lowest BCUT2D eigenvalue weighted by Crippen LogP contribution is -2.11. The lowest BCUT2D eigenvalue weighted by atomic mass is 9.87. The number of nitrogens with zero attached hydrogens (tertiary/aromatic N) is 3. The van der Waals surface area contributed by atoms with E-state index in [1.807, 2.05) is 17.8 Å². The molecule has 0 aliphatic heterocycles. The first-order valence-corrected chi connectivity index (χ1v) is 7.39. The molecule has 2 aromatic carbocycles. The Morgan fingerprint density at radius 1 is 1.05 bits per heavy atom. The Kier molecular flexibility index (Phi) is 3.05. The van der Waals surface area contributed by atoms with Gasteiger partial charge in [-0.1, -0.05) is 53.7 Å². The van der Waals surface area contributed by atoms with Gasteiger partial charge in [-0.2, -0.15) is 0 Å². The number of methoxy groups -OCH3 is 1. The van der Waals surface area contributed by atoms with Crippen LogP contribution in [0.25, 0.3) is 22.5 Å². The quantitative estimate of drug-likeness (QED) is 0.690. The summed E-state index contributed by atoms with van der Waals surface area (Å²) in [6.45, 7) is 0. The normalized spacial score (nSPS) is 16.2. The van der Waals surface area contributed by atoms with Gasteiger partial charge in [0.1, 0.15) is 5.69 Å². The van der Waals surface area contributed by atoms with Crippen molar-refractivity contribution in [1.29, 1.82) is 0 Å². The summed E-state index contributed by atoms with van der Waals surface area (Å²) in [5, 5.41) is 8.68. The van der Waals surface area contributed by atoms with Gasteiger partial charge in [0.15, 0.2) is 0 Å². The Bertz CT molecular complexity index is 838. The minimum absolute atomic E-state index is 0.0208. The summed E-state index contributed by atoms with van der Waals surface area (Å²) in [5.74, 6) is 0. The number of aromatic nitrogens is 3. The number of aryl methyl sites for hydroxylation is 1. The molecule has 3 aromatic rings. The van der Waals surface area contributed by atoms with Crippen molar-refractivity contribution in [1.82, 2.24) is 15.0 Å². The fourth-order valence-electron chi connectivity index (χ4n) is 3.28. The molecule has 4 nitrogen and oxygen atoms in total. The maximum Gasteiger partial charge on any atom is 0.121 e. The van der Waals surface area contributed by atoms with Crippen LogP contribution in [0.15, 0.2) is 48.5 Å². The molecule has 0 radical (unpaired) electrons. The molecule has 0 saturated carbocycles. The molecule has 0 spiro atoms. The maximum absolute atomic E-state index is 5.78. The largest absolute Gasteiger partial charge is 0.376 e. The molecule has 0 saturated heterocycles. The van der Waals surface area contributed by atoms with Crippen molar-refractivity contribution in [3.05, 3.63) is 59.7 Å². The highest BCUT2D eigenvalue weighted by Gasteiger charge is 2.26. The molecule has 1 atom stereocenters. The lowest BCUT2D eigenvalue weighted by molar-refractivity contribution is 0.104. The third-order valence-electron chi connectivity index (χ3n) is 4.35. The Balaban J connectivity index is 2.09. The molecule has 0 N–H and O–H groups in total. The second-order valence-corrected chi connectivity index (χ2v) is 5.58. The van der Waals surface area contributed by atoms with Gasteiger partial charge >= 0.3 is 0 Å². The van der Waals surface area contributed by atoms with E-state index in [1.54, 1.807) is 7.11 Å². The molecule has 110 valence electrons. The minimum Gasteiger partial charge on any atom is -0.376 e. The van der Waals surface area contributed by atoms with Crippen LogP contribution in [0.1, 0.15) is 17.2 Å². The number of fused-ring (bicyclic) bond motifs is 5. The highest BCUT2D eigenvalue weighted by atomic mass is 16.5. The van der Waals surface area contributed by atoms with E-state index in [0.717, 1.165) is 23.4 Å². The van der Waals surface area contributed by atoms with E-state index in [9.17, 15) is 0 Å². The Labute approximate surface area is 129 Å². The fourth-order valence-corrected chi connectivity index (χ4v) is 3.28. The van der Waals surface area contributed by atoms with Crippen LogP contribution in [0, 0.1) is 0 Å². The number of benzene rings is 2. The van der Waals surface area contributed by atoms with E-state index in [1.165, 1.54) is 16.7 Å². The summed E-state index contributed by atoms with van der Waals surface area (Å²) in [6, 6.07) is 16.7. The van der Waals surface area contributed by atoms with Crippen LogP contribution in [0.4, 0.5) is 0 Å². The van der Waals surface area contributed by atoms with Gasteiger partial charge < -0.3 is 4.74 Å². The Morgan fingerprint density at radius 2 is 1.77 bits per heavy atom. The van der Waals surface area contributed by atoms with Crippen LogP contribution < -0.4 is 0 Å². The molecule has 1 unspecified atom stereocenters. The van der Waals surface area contributed by atoms with Crippen molar-refractivity contribution in [2.45, 2.75) is 12.5 Å². The van der Waals surface area contributed by atoms with Crippen molar-refractivity contribution in [2.75, 3.05) is 7.11 Å². The molecule has 1 heterocycles. The van der Waals surface area contributed by atoms with Crippen molar-refractivity contribution >= 4 is 0 Å². The number of ether oxygens (including phenoxy) is 1. The van der Waals surface area contributed by atoms with Crippen molar-refractivity contribution in [2.24, 2.45) is 7.05 Å². The average Bonchev–Trinajstić information content (AvgIpc) is 2.92. The van der Waals surface area contributed by atoms with Gasteiger partial charge in [-0.15, -0.1) is 5.10 Å². The zero-order valence-electron chi connectivity index (χ0n) is 12.7. The second-order valence-electron chi connectivity index (χ2n) is 5.58. The number of hydrogen-bond acceptors (Lipinski definition) is 3. The van der Waals surface area contributed by atoms with E-state index in [-0.39, 0.29) is 6.10 Å². The van der Waals surface area contributed by atoms with Gasteiger partial charge in [-0.05, 0) is 11.1 Å². The van der Waals surface area contributed by atoms with Gasteiger partial charge in [0.25, 0.3) is 0 Å².